The number of likely N-dealkylation sites (tertiary alicyclic amines) is 1. The third-order valence-electron chi connectivity index (χ3n) is 5.34. The van der Waals surface area contributed by atoms with Crippen LogP contribution in [0.2, 0.25) is 0 Å². The molecule has 0 saturated carbocycles. The number of carbonyl (C=O) groups excluding carboxylic acids is 2. The van der Waals surface area contributed by atoms with Crippen molar-refractivity contribution >= 4 is 29.9 Å². The number of nitrogens with one attached hydrogen (secondary N) is 1. The van der Waals surface area contributed by atoms with Crippen LogP contribution in [0.3, 0.4) is 0 Å². The molecule has 1 aromatic rings. The smallest absolute Gasteiger partial charge is 0.228 e. The van der Waals surface area contributed by atoms with Gasteiger partial charge in [0.1, 0.15) is 11.5 Å². The maximum Gasteiger partial charge on any atom is 0.228 e. The molecule has 7 nitrogen and oxygen atoms in total. The second-order valence-corrected chi connectivity index (χ2v) is 6.86. The summed E-state index contributed by atoms with van der Waals surface area (Å²) in [5.74, 6) is 1.01. The zero-order chi connectivity index (χ0) is 18.7. The van der Waals surface area contributed by atoms with Crippen molar-refractivity contribution in [2.45, 2.75) is 25.3 Å². The molecule has 1 aromatic carbocycles. The number of anilines is 1. The van der Waals surface area contributed by atoms with Gasteiger partial charge in [0.25, 0.3) is 0 Å². The lowest BCUT2D eigenvalue weighted by molar-refractivity contribution is -0.136. The zero-order valence-electron chi connectivity index (χ0n) is 16.1. The van der Waals surface area contributed by atoms with Crippen molar-refractivity contribution in [3.05, 3.63) is 18.2 Å². The molecule has 27 heavy (non-hydrogen) atoms. The summed E-state index contributed by atoms with van der Waals surface area (Å²) in [5.41, 5.74) is 0.704. The number of hydrogen-bond donors (Lipinski definition) is 1. The Hall–Kier alpha value is -1.99. The highest BCUT2D eigenvalue weighted by atomic mass is 35.5. The van der Waals surface area contributed by atoms with E-state index in [4.69, 9.17) is 9.47 Å². The van der Waals surface area contributed by atoms with Gasteiger partial charge in [0.2, 0.25) is 11.8 Å². The van der Waals surface area contributed by atoms with E-state index < -0.39 is 0 Å². The molecule has 0 aromatic heterocycles. The summed E-state index contributed by atoms with van der Waals surface area (Å²) in [6.45, 7) is 1.91. The second-order valence-electron chi connectivity index (χ2n) is 6.86. The van der Waals surface area contributed by atoms with Gasteiger partial charge in [-0.25, -0.2) is 0 Å². The van der Waals surface area contributed by atoms with E-state index in [1.807, 2.05) is 11.9 Å². The minimum absolute atomic E-state index is 0. The number of carbonyl (C=O) groups is 2. The third kappa shape index (κ3) is 4.65. The van der Waals surface area contributed by atoms with Gasteiger partial charge in [-0.05, 0) is 19.9 Å². The molecule has 150 valence electrons. The molecule has 0 aliphatic carbocycles. The van der Waals surface area contributed by atoms with Gasteiger partial charge in [-0.2, -0.15) is 0 Å². The van der Waals surface area contributed by atoms with E-state index in [-0.39, 0.29) is 36.6 Å². The summed E-state index contributed by atoms with van der Waals surface area (Å²) in [4.78, 5) is 28.9. The van der Waals surface area contributed by atoms with Crippen LogP contribution in [-0.2, 0) is 9.59 Å². The Bertz CT molecular complexity index is 655. The third-order valence-corrected chi connectivity index (χ3v) is 5.34. The van der Waals surface area contributed by atoms with Crippen LogP contribution < -0.4 is 19.7 Å². The monoisotopic (exact) mass is 397 g/mol. The second kappa shape index (κ2) is 9.28. The van der Waals surface area contributed by atoms with Crippen molar-refractivity contribution in [1.29, 1.82) is 0 Å². The normalized spacial score (nSPS) is 20.4. The fraction of sp³-hybridized carbons (Fsp3) is 0.579. The first kappa shape index (κ1) is 21.3. The highest BCUT2D eigenvalue weighted by Crippen LogP contribution is 2.33. The molecule has 8 heteroatoms. The van der Waals surface area contributed by atoms with Crippen LogP contribution in [0.1, 0.15) is 19.3 Å². The predicted octanol–water partition coefficient (Wildman–Crippen LogP) is 1.69. The van der Waals surface area contributed by atoms with E-state index in [9.17, 15) is 9.59 Å². The minimum atomic E-state index is -0.286. The Balaban J connectivity index is 0.00000261. The van der Waals surface area contributed by atoms with Crippen LogP contribution in [0.15, 0.2) is 18.2 Å². The van der Waals surface area contributed by atoms with Crippen molar-refractivity contribution in [2.24, 2.45) is 5.92 Å². The van der Waals surface area contributed by atoms with Crippen molar-refractivity contribution in [1.82, 2.24) is 10.2 Å². The SMILES string of the molecule is CNC1CCN(C(=O)C2CC(=O)N(c3cc(OC)cc(OC)c3)C2)CC1.Cl. The van der Waals surface area contributed by atoms with E-state index >= 15 is 0 Å². The molecule has 3 rings (SSSR count). The number of halogens is 1. The molecule has 2 heterocycles. The van der Waals surface area contributed by atoms with E-state index in [0.29, 0.717) is 29.8 Å². The van der Waals surface area contributed by atoms with Crippen molar-refractivity contribution in [3.8, 4) is 11.5 Å². The van der Waals surface area contributed by atoms with E-state index in [2.05, 4.69) is 5.32 Å². The number of hydrogen-bond acceptors (Lipinski definition) is 5. The molecule has 2 aliphatic rings. The maximum absolute atomic E-state index is 12.8. The quantitative estimate of drug-likeness (QED) is 0.818. The van der Waals surface area contributed by atoms with Crippen molar-refractivity contribution < 1.29 is 19.1 Å². The summed E-state index contributed by atoms with van der Waals surface area (Å²) in [5, 5.41) is 3.27. The first-order valence-corrected chi connectivity index (χ1v) is 9.05. The molecule has 1 unspecified atom stereocenters. The van der Waals surface area contributed by atoms with Crippen LogP contribution in [0.5, 0.6) is 11.5 Å². The van der Waals surface area contributed by atoms with Gasteiger partial charge in [-0.3, -0.25) is 9.59 Å². The molecule has 1 N–H and O–H groups in total. The number of piperidine rings is 1. The number of ether oxygens (including phenoxy) is 2. The van der Waals surface area contributed by atoms with Crippen LogP contribution >= 0.6 is 12.4 Å². The largest absolute Gasteiger partial charge is 0.497 e. The summed E-state index contributed by atoms with van der Waals surface area (Å²) in [7, 11) is 5.11. The summed E-state index contributed by atoms with van der Waals surface area (Å²) in [6.07, 6.45) is 2.17. The number of amides is 2. The van der Waals surface area contributed by atoms with Gasteiger partial charge >= 0.3 is 0 Å². The van der Waals surface area contributed by atoms with Crippen LogP contribution in [0.25, 0.3) is 0 Å². The summed E-state index contributed by atoms with van der Waals surface area (Å²) >= 11 is 0. The first-order valence-electron chi connectivity index (χ1n) is 9.05. The van der Waals surface area contributed by atoms with Gasteiger partial charge in [0.05, 0.1) is 25.8 Å². The Morgan fingerprint density at radius 2 is 1.70 bits per heavy atom. The van der Waals surface area contributed by atoms with Gasteiger partial charge in [-0.15, -0.1) is 12.4 Å². The summed E-state index contributed by atoms with van der Waals surface area (Å²) < 4.78 is 10.6. The Morgan fingerprint density at radius 1 is 1.11 bits per heavy atom. The van der Waals surface area contributed by atoms with Gasteiger partial charge in [0, 0.05) is 50.3 Å². The molecule has 2 fully saturated rings. The molecule has 0 bridgehead atoms. The van der Waals surface area contributed by atoms with Crippen LogP contribution in [-0.4, -0.2) is 63.7 Å². The lowest BCUT2D eigenvalue weighted by Crippen LogP contribution is -2.46. The fourth-order valence-corrected chi connectivity index (χ4v) is 3.72. The zero-order valence-corrected chi connectivity index (χ0v) is 16.9. The molecule has 2 aliphatic heterocycles. The molecule has 1 atom stereocenters. The molecule has 2 saturated heterocycles. The van der Waals surface area contributed by atoms with E-state index in [0.717, 1.165) is 25.9 Å². The van der Waals surface area contributed by atoms with Gasteiger partial charge < -0.3 is 24.6 Å². The highest BCUT2D eigenvalue weighted by Gasteiger charge is 2.38. The molecular formula is C19H28ClN3O4. The average molecular weight is 398 g/mol. The lowest BCUT2D eigenvalue weighted by Gasteiger charge is -2.33. The van der Waals surface area contributed by atoms with Crippen molar-refractivity contribution in [2.75, 3.05) is 45.8 Å². The standard InChI is InChI=1S/C19H27N3O4.ClH/c1-20-14-4-6-21(7-5-14)19(24)13-8-18(23)22(12-13)15-9-16(25-2)11-17(10-15)26-3;/h9-11,13-14,20H,4-8,12H2,1-3H3;1H. The molecule has 0 spiro atoms. The molecule has 0 radical (unpaired) electrons. The Labute approximate surface area is 166 Å². The topological polar surface area (TPSA) is 71.1 Å². The van der Waals surface area contributed by atoms with E-state index in [1.165, 1.54) is 0 Å². The highest BCUT2D eigenvalue weighted by molar-refractivity contribution is 6.00. The predicted molar refractivity (Wildman–Crippen MR) is 106 cm³/mol. The van der Waals surface area contributed by atoms with Crippen LogP contribution in [0, 0.1) is 5.92 Å². The molecule has 2 amide bonds. The maximum atomic E-state index is 12.8. The first-order chi connectivity index (χ1) is 12.5. The number of rotatable bonds is 5. The molecular weight excluding hydrogens is 370 g/mol. The fourth-order valence-electron chi connectivity index (χ4n) is 3.72. The summed E-state index contributed by atoms with van der Waals surface area (Å²) in [6, 6.07) is 5.83. The number of nitrogens with zero attached hydrogens (tertiary/aromatic N) is 2. The van der Waals surface area contributed by atoms with Crippen LogP contribution in [0.4, 0.5) is 5.69 Å². The van der Waals surface area contributed by atoms with Gasteiger partial charge in [0.15, 0.2) is 0 Å². The van der Waals surface area contributed by atoms with Crippen molar-refractivity contribution in [3.63, 3.8) is 0 Å². The lowest BCUT2D eigenvalue weighted by atomic mass is 10.0. The average Bonchev–Trinajstić information content (AvgIpc) is 3.08. The minimum Gasteiger partial charge on any atom is -0.497 e. The number of benzene rings is 1. The Morgan fingerprint density at radius 3 is 2.22 bits per heavy atom. The number of methoxy groups -OCH3 is 2. The Kier molecular flexibility index (Phi) is 7.33. The van der Waals surface area contributed by atoms with E-state index in [1.54, 1.807) is 37.3 Å². The van der Waals surface area contributed by atoms with Gasteiger partial charge in [-0.1, -0.05) is 0 Å².